The van der Waals surface area contributed by atoms with Gasteiger partial charge >= 0.3 is 5.69 Å². The Morgan fingerprint density at radius 2 is 1.79 bits per heavy atom. The van der Waals surface area contributed by atoms with Gasteiger partial charge in [0.15, 0.2) is 0 Å². The maximum Gasteiger partial charge on any atom is 0.328 e. The molecule has 1 amide bonds. The zero-order chi connectivity index (χ0) is 13.8. The molecule has 19 heavy (non-hydrogen) atoms. The maximum absolute atomic E-state index is 12.0. The lowest BCUT2D eigenvalue weighted by Gasteiger charge is -2.03. The molecule has 0 bridgehead atoms. The number of imidazole rings is 1. The summed E-state index contributed by atoms with van der Waals surface area (Å²) >= 11 is 0. The quantitative estimate of drug-likeness (QED) is 0.876. The topological polar surface area (TPSA) is 70.0 Å². The van der Waals surface area contributed by atoms with Crippen molar-refractivity contribution < 1.29 is 4.79 Å². The van der Waals surface area contributed by atoms with Gasteiger partial charge < -0.3 is 5.73 Å². The highest BCUT2D eigenvalue weighted by atomic mass is 16.2. The van der Waals surface area contributed by atoms with Crippen LogP contribution in [0.25, 0.3) is 0 Å². The number of aromatic nitrogens is 2. The molecule has 100 valence electrons. The predicted molar refractivity (Wildman–Crippen MR) is 73.0 cm³/mol. The standard InChI is InChI=1S/C14H17N3O2/c1-2-7-16-8-9-17(14(16)19)10-11-3-5-12(6-4-11)13(15)18/h3-6,8-9H,2,7,10H2,1H3,(H2,15,18). The Morgan fingerprint density at radius 3 is 2.37 bits per heavy atom. The molecule has 0 saturated carbocycles. The molecule has 0 radical (unpaired) electrons. The fourth-order valence-corrected chi connectivity index (χ4v) is 1.96. The SMILES string of the molecule is CCCn1ccn(Cc2ccc(C(N)=O)cc2)c1=O. The summed E-state index contributed by atoms with van der Waals surface area (Å²) in [5.74, 6) is -0.446. The first-order valence-corrected chi connectivity index (χ1v) is 6.26. The smallest absolute Gasteiger partial charge is 0.328 e. The molecule has 0 atom stereocenters. The molecular weight excluding hydrogens is 242 g/mol. The lowest BCUT2D eigenvalue weighted by Crippen LogP contribution is -2.24. The Kier molecular flexibility index (Phi) is 3.85. The summed E-state index contributed by atoms with van der Waals surface area (Å²) in [6.45, 7) is 3.26. The van der Waals surface area contributed by atoms with E-state index < -0.39 is 5.91 Å². The summed E-state index contributed by atoms with van der Waals surface area (Å²) in [6.07, 6.45) is 4.50. The van der Waals surface area contributed by atoms with Crippen molar-refractivity contribution in [1.29, 1.82) is 0 Å². The lowest BCUT2D eigenvalue weighted by atomic mass is 10.1. The van der Waals surface area contributed by atoms with E-state index in [-0.39, 0.29) is 5.69 Å². The van der Waals surface area contributed by atoms with Crippen molar-refractivity contribution in [2.24, 2.45) is 5.73 Å². The number of carbonyl (C=O) groups is 1. The number of benzene rings is 1. The summed E-state index contributed by atoms with van der Waals surface area (Å²) in [5, 5.41) is 0. The number of nitrogens with two attached hydrogens (primary N) is 1. The third-order valence-electron chi connectivity index (χ3n) is 2.97. The van der Waals surface area contributed by atoms with E-state index in [2.05, 4.69) is 0 Å². The highest BCUT2D eigenvalue weighted by Gasteiger charge is 2.04. The van der Waals surface area contributed by atoms with E-state index in [1.165, 1.54) is 0 Å². The molecule has 1 aromatic carbocycles. The van der Waals surface area contributed by atoms with Crippen molar-refractivity contribution in [2.45, 2.75) is 26.4 Å². The molecule has 0 aliphatic heterocycles. The third kappa shape index (κ3) is 2.93. The molecule has 0 saturated heterocycles. The van der Waals surface area contributed by atoms with Crippen LogP contribution >= 0.6 is 0 Å². The van der Waals surface area contributed by atoms with Gasteiger partial charge in [-0.1, -0.05) is 19.1 Å². The summed E-state index contributed by atoms with van der Waals surface area (Å²) < 4.78 is 3.34. The van der Waals surface area contributed by atoms with Gasteiger partial charge in [-0.3, -0.25) is 13.9 Å². The molecule has 2 aromatic rings. The van der Waals surface area contributed by atoms with Gasteiger partial charge in [0.25, 0.3) is 0 Å². The fourth-order valence-electron chi connectivity index (χ4n) is 1.96. The zero-order valence-electron chi connectivity index (χ0n) is 10.9. The highest BCUT2D eigenvalue weighted by molar-refractivity contribution is 5.92. The van der Waals surface area contributed by atoms with Crippen LogP contribution < -0.4 is 11.4 Å². The van der Waals surface area contributed by atoms with E-state index in [1.807, 2.05) is 19.1 Å². The van der Waals surface area contributed by atoms with Gasteiger partial charge in [0.1, 0.15) is 0 Å². The van der Waals surface area contributed by atoms with E-state index in [1.54, 1.807) is 33.7 Å². The van der Waals surface area contributed by atoms with Gasteiger partial charge in [-0.2, -0.15) is 0 Å². The van der Waals surface area contributed by atoms with E-state index >= 15 is 0 Å². The Labute approximate surface area is 111 Å². The average molecular weight is 259 g/mol. The first-order valence-electron chi connectivity index (χ1n) is 6.26. The molecule has 2 rings (SSSR count). The second-order valence-corrected chi connectivity index (χ2v) is 4.46. The van der Waals surface area contributed by atoms with Crippen LogP contribution in [0.1, 0.15) is 29.3 Å². The van der Waals surface area contributed by atoms with E-state index in [0.29, 0.717) is 12.1 Å². The van der Waals surface area contributed by atoms with Gasteiger partial charge in [0.2, 0.25) is 5.91 Å². The van der Waals surface area contributed by atoms with Crippen LogP contribution in [-0.2, 0) is 13.1 Å². The minimum Gasteiger partial charge on any atom is -0.366 e. The molecule has 5 nitrogen and oxygen atoms in total. The van der Waals surface area contributed by atoms with E-state index in [4.69, 9.17) is 5.73 Å². The van der Waals surface area contributed by atoms with Crippen molar-refractivity contribution >= 4 is 5.91 Å². The van der Waals surface area contributed by atoms with Gasteiger partial charge in [-0.15, -0.1) is 0 Å². The summed E-state index contributed by atoms with van der Waals surface area (Å²) in [6, 6.07) is 6.96. The second kappa shape index (κ2) is 5.56. The number of hydrogen-bond donors (Lipinski definition) is 1. The Bertz CT molecular complexity index is 623. The number of amides is 1. The molecule has 5 heteroatoms. The second-order valence-electron chi connectivity index (χ2n) is 4.46. The zero-order valence-corrected chi connectivity index (χ0v) is 10.9. The van der Waals surface area contributed by atoms with Crippen molar-refractivity contribution in [3.63, 3.8) is 0 Å². The minimum absolute atomic E-state index is 0.0131. The maximum atomic E-state index is 12.0. The van der Waals surface area contributed by atoms with E-state index in [9.17, 15) is 9.59 Å². The Balaban J connectivity index is 2.17. The van der Waals surface area contributed by atoms with Crippen LogP contribution in [0.3, 0.4) is 0 Å². The number of primary amides is 1. The fraction of sp³-hybridized carbons (Fsp3) is 0.286. The number of hydrogen-bond acceptors (Lipinski definition) is 2. The Morgan fingerprint density at radius 1 is 1.16 bits per heavy atom. The number of aryl methyl sites for hydroxylation is 1. The minimum atomic E-state index is -0.446. The van der Waals surface area contributed by atoms with E-state index in [0.717, 1.165) is 18.5 Å². The van der Waals surface area contributed by atoms with Crippen LogP contribution in [0.2, 0.25) is 0 Å². The molecule has 0 aliphatic rings. The lowest BCUT2D eigenvalue weighted by molar-refractivity contribution is 0.100. The molecule has 0 unspecified atom stereocenters. The van der Waals surface area contributed by atoms with Crippen molar-refractivity contribution in [2.75, 3.05) is 0 Å². The normalized spacial score (nSPS) is 10.6. The molecule has 1 heterocycles. The van der Waals surface area contributed by atoms with Gasteiger partial charge in [-0.25, -0.2) is 4.79 Å². The predicted octanol–water partition coefficient (Wildman–Crippen LogP) is 1.21. The van der Waals surface area contributed by atoms with Crippen molar-refractivity contribution in [1.82, 2.24) is 9.13 Å². The summed E-state index contributed by atoms with van der Waals surface area (Å²) in [4.78, 5) is 23.0. The van der Waals surface area contributed by atoms with Crippen LogP contribution in [0.5, 0.6) is 0 Å². The number of rotatable bonds is 5. The molecule has 0 fully saturated rings. The first kappa shape index (κ1) is 13.1. The third-order valence-corrected chi connectivity index (χ3v) is 2.97. The largest absolute Gasteiger partial charge is 0.366 e. The van der Waals surface area contributed by atoms with Gasteiger partial charge in [-0.05, 0) is 24.1 Å². The van der Waals surface area contributed by atoms with Crippen LogP contribution in [0, 0.1) is 0 Å². The van der Waals surface area contributed by atoms with Crippen LogP contribution in [0.4, 0.5) is 0 Å². The number of carbonyl (C=O) groups excluding carboxylic acids is 1. The molecular formula is C14H17N3O2. The van der Waals surface area contributed by atoms with Crippen LogP contribution in [0.15, 0.2) is 41.5 Å². The molecule has 2 N–H and O–H groups in total. The molecule has 0 spiro atoms. The first-order chi connectivity index (χ1) is 9.11. The average Bonchev–Trinajstić information content (AvgIpc) is 2.73. The highest BCUT2D eigenvalue weighted by Crippen LogP contribution is 2.05. The Hall–Kier alpha value is -2.30. The van der Waals surface area contributed by atoms with Crippen LogP contribution in [-0.4, -0.2) is 15.0 Å². The van der Waals surface area contributed by atoms with Gasteiger partial charge in [0, 0.05) is 24.5 Å². The monoisotopic (exact) mass is 259 g/mol. The molecule has 1 aromatic heterocycles. The molecule has 0 aliphatic carbocycles. The van der Waals surface area contributed by atoms with Gasteiger partial charge in [0.05, 0.1) is 6.54 Å². The van der Waals surface area contributed by atoms with Crippen molar-refractivity contribution in [3.05, 3.63) is 58.3 Å². The number of nitrogens with zero attached hydrogens (tertiary/aromatic N) is 2. The summed E-state index contributed by atoms with van der Waals surface area (Å²) in [5.41, 5.74) is 6.60. The van der Waals surface area contributed by atoms with Crippen molar-refractivity contribution in [3.8, 4) is 0 Å². The summed E-state index contributed by atoms with van der Waals surface area (Å²) in [7, 11) is 0.